The highest BCUT2D eigenvalue weighted by Gasteiger charge is 2.30. The first-order chi connectivity index (χ1) is 9.15. The fraction of sp³-hybridized carbons (Fsp3) is 0.625. The van der Waals surface area contributed by atoms with E-state index in [4.69, 9.17) is 16.3 Å². The third kappa shape index (κ3) is 4.06. The van der Waals surface area contributed by atoms with Crippen LogP contribution in [0, 0.1) is 12.3 Å². The van der Waals surface area contributed by atoms with Gasteiger partial charge in [-0.2, -0.15) is 12.6 Å². The van der Waals surface area contributed by atoms with Crippen molar-refractivity contribution < 1.29 is 4.74 Å². The summed E-state index contributed by atoms with van der Waals surface area (Å²) in [5.74, 6) is 1.71. The number of aryl methyl sites for hydroxylation is 1. The number of hydrogen-bond donors (Lipinski definition) is 1. The van der Waals surface area contributed by atoms with Crippen molar-refractivity contribution in [1.82, 2.24) is 0 Å². The van der Waals surface area contributed by atoms with E-state index in [2.05, 4.69) is 19.6 Å². The second-order valence-electron chi connectivity index (χ2n) is 5.79. The van der Waals surface area contributed by atoms with E-state index in [1.54, 1.807) is 0 Å². The molecule has 1 saturated carbocycles. The molecule has 1 aromatic rings. The zero-order valence-corrected chi connectivity index (χ0v) is 13.3. The molecular weight excluding hydrogens is 276 g/mol. The summed E-state index contributed by atoms with van der Waals surface area (Å²) in [7, 11) is 0. The van der Waals surface area contributed by atoms with Gasteiger partial charge >= 0.3 is 0 Å². The molecule has 0 saturated heterocycles. The van der Waals surface area contributed by atoms with Gasteiger partial charge in [0.15, 0.2) is 0 Å². The maximum absolute atomic E-state index is 6.19. The Morgan fingerprint density at radius 3 is 2.53 bits per heavy atom. The minimum atomic E-state index is 0.229. The van der Waals surface area contributed by atoms with Gasteiger partial charge in [-0.1, -0.05) is 43.4 Å². The van der Waals surface area contributed by atoms with E-state index >= 15 is 0 Å². The number of benzene rings is 1. The third-order valence-electron chi connectivity index (χ3n) is 4.12. The van der Waals surface area contributed by atoms with Gasteiger partial charge in [-0.25, -0.2) is 0 Å². The molecule has 19 heavy (non-hydrogen) atoms. The molecule has 0 unspecified atom stereocenters. The lowest BCUT2D eigenvalue weighted by molar-refractivity contribution is 0.148. The first-order valence-electron chi connectivity index (χ1n) is 7.15. The standard InChI is InChI=1S/C16H23ClOS/c1-13-6-7-14(17)15(10-13)18-11-16(12-19)8-4-2-3-5-9-16/h6-7,10,19H,2-5,8-9,11-12H2,1H3. The van der Waals surface area contributed by atoms with Crippen LogP contribution in [-0.2, 0) is 0 Å². The summed E-state index contributed by atoms with van der Waals surface area (Å²) in [5.41, 5.74) is 1.41. The largest absolute Gasteiger partial charge is 0.491 e. The van der Waals surface area contributed by atoms with Gasteiger partial charge in [-0.15, -0.1) is 0 Å². The predicted octanol–water partition coefficient (Wildman–Crippen LogP) is 5.30. The zero-order chi connectivity index (χ0) is 13.7. The SMILES string of the molecule is Cc1ccc(Cl)c(OCC2(CS)CCCCCC2)c1. The Kier molecular flexibility index (Phi) is 5.47. The highest BCUT2D eigenvalue weighted by Crippen LogP contribution is 2.37. The van der Waals surface area contributed by atoms with E-state index in [9.17, 15) is 0 Å². The van der Waals surface area contributed by atoms with Crippen LogP contribution in [0.5, 0.6) is 5.75 Å². The number of thiol groups is 1. The molecule has 1 aromatic carbocycles. The van der Waals surface area contributed by atoms with Crippen LogP contribution in [0.3, 0.4) is 0 Å². The summed E-state index contributed by atoms with van der Waals surface area (Å²) in [4.78, 5) is 0. The summed E-state index contributed by atoms with van der Waals surface area (Å²) < 4.78 is 6.03. The van der Waals surface area contributed by atoms with Crippen molar-refractivity contribution in [2.75, 3.05) is 12.4 Å². The Balaban J connectivity index is 2.04. The summed E-state index contributed by atoms with van der Waals surface area (Å²) in [6, 6.07) is 5.94. The first kappa shape index (κ1) is 15.1. The summed E-state index contributed by atoms with van der Waals surface area (Å²) >= 11 is 10.8. The van der Waals surface area contributed by atoms with Crippen LogP contribution in [0.2, 0.25) is 5.02 Å². The lowest BCUT2D eigenvalue weighted by atomic mass is 9.83. The molecule has 0 aromatic heterocycles. The molecule has 0 amide bonds. The minimum Gasteiger partial charge on any atom is -0.491 e. The molecule has 0 heterocycles. The van der Waals surface area contributed by atoms with Gasteiger partial charge in [-0.3, -0.25) is 0 Å². The molecule has 2 rings (SSSR count). The molecule has 0 N–H and O–H groups in total. The second kappa shape index (κ2) is 6.90. The monoisotopic (exact) mass is 298 g/mol. The molecular formula is C16H23ClOS. The molecule has 1 aliphatic carbocycles. The fourth-order valence-electron chi connectivity index (χ4n) is 2.78. The van der Waals surface area contributed by atoms with Crippen molar-refractivity contribution in [2.45, 2.75) is 45.4 Å². The van der Waals surface area contributed by atoms with Crippen molar-refractivity contribution in [1.29, 1.82) is 0 Å². The molecule has 0 spiro atoms. The van der Waals surface area contributed by atoms with Crippen molar-refractivity contribution in [3.05, 3.63) is 28.8 Å². The van der Waals surface area contributed by atoms with Gasteiger partial charge in [0.2, 0.25) is 0 Å². The van der Waals surface area contributed by atoms with Crippen LogP contribution in [-0.4, -0.2) is 12.4 Å². The molecule has 0 bridgehead atoms. The summed E-state index contributed by atoms with van der Waals surface area (Å²) in [5, 5.41) is 0.702. The van der Waals surface area contributed by atoms with Gasteiger partial charge < -0.3 is 4.74 Å². The average Bonchev–Trinajstić information content (AvgIpc) is 2.66. The first-order valence-corrected chi connectivity index (χ1v) is 8.16. The Bertz CT molecular complexity index is 411. The quantitative estimate of drug-likeness (QED) is 0.586. The van der Waals surface area contributed by atoms with E-state index < -0.39 is 0 Å². The predicted molar refractivity (Wildman–Crippen MR) is 85.7 cm³/mol. The van der Waals surface area contributed by atoms with E-state index in [-0.39, 0.29) is 5.41 Å². The Labute approximate surface area is 127 Å². The summed E-state index contributed by atoms with van der Waals surface area (Å²) in [6.45, 7) is 2.79. The summed E-state index contributed by atoms with van der Waals surface area (Å²) in [6.07, 6.45) is 7.73. The number of hydrogen-bond acceptors (Lipinski definition) is 2. The molecule has 0 aliphatic heterocycles. The molecule has 3 heteroatoms. The van der Waals surface area contributed by atoms with Crippen molar-refractivity contribution >= 4 is 24.2 Å². The van der Waals surface area contributed by atoms with E-state index in [1.165, 1.54) is 44.1 Å². The maximum Gasteiger partial charge on any atom is 0.138 e. The number of rotatable bonds is 4. The minimum absolute atomic E-state index is 0.229. The topological polar surface area (TPSA) is 9.23 Å². The zero-order valence-electron chi connectivity index (χ0n) is 11.6. The lowest BCUT2D eigenvalue weighted by Gasteiger charge is -2.31. The van der Waals surface area contributed by atoms with Gasteiger partial charge in [-0.05, 0) is 43.2 Å². The van der Waals surface area contributed by atoms with Crippen LogP contribution in [0.15, 0.2) is 18.2 Å². The number of ether oxygens (including phenoxy) is 1. The molecule has 106 valence electrons. The van der Waals surface area contributed by atoms with E-state index in [1.807, 2.05) is 18.2 Å². The van der Waals surface area contributed by atoms with Gasteiger partial charge in [0.05, 0.1) is 11.6 Å². The van der Waals surface area contributed by atoms with Crippen molar-refractivity contribution in [2.24, 2.45) is 5.41 Å². The second-order valence-corrected chi connectivity index (χ2v) is 6.52. The van der Waals surface area contributed by atoms with Crippen molar-refractivity contribution in [3.63, 3.8) is 0 Å². The third-order valence-corrected chi connectivity index (χ3v) is 5.10. The highest BCUT2D eigenvalue weighted by molar-refractivity contribution is 7.80. The Morgan fingerprint density at radius 2 is 1.89 bits per heavy atom. The molecule has 1 fully saturated rings. The average molecular weight is 299 g/mol. The van der Waals surface area contributed by atoms with Gasteiger partial charge in [0.1, 0.15) is 5.75 Å². The van der Waals surface area contributed by atoms with Gasteiger partial charge in [0, 0.05) is 5.41 Å². The highest BCUT2D eigenvalue weighted by atomic mass is 35.5. The van der Waals surface area contributed by atoms with Crippen LogP contribution < -0.4 is 4.74 Å². The molecule has 1 aliphatic rings. The van der Waals surface area contributed by atoms with Crippen LogP contribution >= 0.6 is 24.2 Å². The smallest absolute Gasteiger partial charge is 0.138 e. The van der Waals surface area contributed by atoms with Crippen LogP contribution in [0.1, 0.15) is 44.1 Å². The molecule has 0 radical (unpaired) electrons. The Hall–Kier alpha value is -0.340. The Morgan fingerprint density at radius 1 is 1.21 bits per heavy atom. The number of halogens is 1. The maximum atomic E-state index is 6.19. The van der Waals surface area contributed by atoms with E-state index in [0.717, 1.165) is 18.1 Å². The van der Waals surface area contributed by atoms with Gasteiger partial charge in [0.25, 0.3) is 0 Å². The van der Waals surface area contributed by atoms with Crippen LogP contribution in [0.4, 0.5) is 0 Å². The fourth-order valence-corrected chi connectivity index (χ4v) is 3.36. The normalized spacial score (nSPS) is 18.9. The lowest BCUT2D eigenvalue weighted by Crippen LogP contribution is -2.30. The van der Waals surface area contributed by atoms with E-state index in [0.29, 0.717) is 5.02 Å². The molecule has 0 atom stereocenters. The molecule has 1 nitrogen and oxygen atoms in total. The van der Waals surface area contributed by atoms with Crippen LogP contribution in [0.25, 0.3) is 0 Å². The van der Waals surface area contributed by atoms with Crippen molar-refractivity contribution in [3.8, 4) is 5.75 Å².